The molecule has 0 amide bonds. The maximum Gasteiger partial charge on any atom is 0.142 e. The molecule has 0 spiro atoms. The van der Waals surface area contributed by atoms with E-state index in [1.165, 1.54) is 0 Å². The molecule has 0 bridgehead atoms. The number of halogens is 2. The van der Waals surface area contributed by atoms with Crippen LogP contribution in [0.5, 0.6) is 5.75 Å². The van der Waals surface area contributed by atoms with E-state index in [0.29, 0.717) is 12.3 Å². The maximum absolute atomic E-state index is 7.47. The number of nitrogens with two attached hydrogens (primary N) is 1. The molecule has 0 atom stereocenters. The Labute approximate surface area is 127 Å². The molecule has 0 saturated carbocycles. The van der Waals surface area contributed by atoms with Crippen molar-refractivity contribution in [1.29, 1.82) is 5.41 Å². The fourth-order valence-corrected chi connectivity index (χ4v) is 2.71. The standard InChI is InChI=1S/C13H11Br2N3O/c14-9-3-4-11(10(15)6-9)19-7-8-2-1-5-18-12(8)13(16)17/h1-6H,7H2,(H3,16,17). The highest BCUT2D eigenvalue weighted by Gasteiger charge is 2.08. The third-order valence-electron chi connectivity index (χ3n) is 2.42. The molecule has 1 aromatic heterocycles. The van der Waals surface area contributed by atoms with Gasteiger partial charge >= 0.3 is 0 Å². The maximum atomic E-state index is 7.47. The van der Waals surface area contributed by atoms with Gasteiger partial charge < -0.3 is 10.5 Å². The lowest BCUT2D eigenvalue weighted by atomic mass is 10.2. The Bertz CT molecular complexity index is 617. The summed E-state index contributed by atoms with van der Waals surface area (Å²) in [6, 6.07) is 9.30. The van der Waals surface area contributed by atoms with Crippen LogP contribution in [0.4, 0.5) is 0 Å². The second-order valence-corrected chi connectivity index (χ2v) is 5.56. The molecule has 0 aliphatic rings. The number of amidine groups is 1. The molecular formula is C13H11Br2N3O. The van der Waals surface area contributed by atoms with Gasteiger partial charge in [-0.05, 0) is 40.2 Å². The number of rotatable bonds is 4. The molecule has 3 N–H and O–H groups in total. The summed E-state index contributed by atoms with van der Waals surface area (Å²) in [6.45, 7) is 0.309. The van der Waals surface area contributed by atoms with Crippen LogP contribution >= 0.6 is 31.9 Å². The third-order valence-corrected chi connectivity index (χ3v) is 3.54. The molecule has 0 unspecified atom stereocenters. The second kappa shape index (κ2) is 6.16. The summed E-state index contributed by atoms with van der Waals surface area (Å²) in [5, 5.41) is 7.47. The predicted molar refractivity (Wildman–Crippen MR) is 81.4 cm³/mol. The predicted octanol–water partition coefficient (Wildman–Crippen LogP) is 3.47. The molecule has 0 aliphatic carbocycles. The fraction of sp³-hybridized carbons (Fsp3) is 0.0769. The highest BCUT2D eigenvalue weighted by Crippen LogP contribution is 2.28. The van der Waals surface area contributed by atoms with E-state index in [1.54, 1.807) is 12.3 Å². The summed E-state index contributed by atoms with van der Waals surface area (Å²) in [5.41, 5.74) is 6.72. The highest BCUT2D eigenvalue weighted by molar-refractivity contribution is 9.11. The van der Waals surface area contributed by atoms with E-state index in [-0.39, 0.29) is 5.84 Å². The van der Waals surface area contributed by atoms with Crippen molar-refractivity contribution in [2.45, 2.75) is 6.61 Å². The summed E-state index contributed by atoms with van der Waals surface area (Å²) < 4.78 is 7.54. The molecule has 4 nitrogen and oxygen atoms in total. The number of nitrogens with one attached hydrogen (secondary N) is 1. The van der Waals surface area contributed by atoms with Crippen molar-refractivity contribution < 1.29 is 4.74 Å². The smallest absolute Gasteiger partial charge is 0.142 e. The average molecular weight is 385 g/mol. The Balaban J connectivity index is 2.17. The zero-order valence-corrected chi connectivity index (χ0v) is 13.0. The van der Waals surface area contributed by atoms with Crippen LogP contribution in [0.3, 0.4) is 0 Å². The first-order valence-electron chi connectivity index (χ1n) is 5.44. The number of ether oxygens (including phenoxy) is 1. The molecule has 6 heteroatoms. The van der Waals surface area contributed by atoms with Crippen molar-refractivity contribution in [1.82, 2.24) is 4.98 Å². The van der Waals surface area contributed by atoms with Gasteiger partial charge in [-0.25, -0.2) is 0 Å². The van der Waals surface area contributed by atoms with Crippen LogP contribution in [0.1, 0.15) is 11.3 Å². The summed E-state index contributed by atoms with van der Waals surface area (Å²) in [7, 11) is 0. The molecule has 1 aromatic carbocycles. The minimum absolute atomic E-state index is 0.0610. The Kier molecular flexibility index (Phi) is 4.55. The van der Waals surface area contributed by atoms with Crippen LogP contribution in [0.25, 0.3) is 0 Å². The van der Waals surface area contributed by atoms with Crippen molar-refractivity contribution in [3.63, 3.8) is 0 Å². The zero-order valence-electron chi connectivity index (χ0n) is 9.86. The van der Waals surface area contributed by atoms with Gasteiger partial charge in [0.1, 0.15) is 23.9 Å². The van der Waals surface area contributed by atoms with Gasteiger partial charge in [-0.1, -0.05) is 22.0 Å². The van der Waals surface area contributed by atoms with Gasteiger partial charge in [0.15, 0.2) is 0 Å². The topological polar surface area (TPSA) is 72.0 Å². The molecule has 98 valence electrons. The van der Waals surface area contributed by atoms with Gasteiger partial charge in [-0.2, -0.15) is 0 Å². The number of nitrogens with zero attached hydrogens (tertiary/aromatic N) is 1. The zero-order chi connectivity index (χ0) is 13.8. The van der Waals surface area contributed by atoms with E-state index in [0.717, 1.165) is 20.3 Å². The van der Waals surface area contributed by atoms with Gasteiger partial charge in [-0.15, -0.1) is 0 Å². The minimum atomic E-state index is -0.0610. The van der Waals surface area contributed by atoms with Crippen LogP contribution in [0.2, 0.25) is 0 Å². The molecule has 0 fully saturated rings. The number of nitrogen functional groups attached to an aromatic ring is 1. The summed E-state index contributed by atoms with van der Waals surface area (Å²) >= 11 is 6.81. The molecule has 1 heterocycles. The molecule has 19 heavy (non-hydrogen) atoms. The Hall–Kier alpha value is -1.40. The number of pyridine rings is 1. The highest BCUT2D eigenvalue weighted by atomic mass is 79.9. The largest absolute Gasteiger partial charge is 0.488 e. The quantitative estimate of drug-likeness (QED) is 0.626. The second-order valence-electron chi connectivity index (χ2n) is 3.79. The number of benzene rings is 1. The molecular weight excluding hydrogens is 374 g/mol. The first kappa shape index (κ1) is 14.0. The minimum Gasteiger partial charge on any atom is -0.488 e. The van der Waals surface area contributed by atoms with Crippen molar-refractivity contribution in [3.05, 3.63) is 56.7 Å². The van der Waals surface area contributed by atoms with Crippen LogP contribution in [0, 0.1) is 5.41 Å². The normalized spacial score (nSPS) is 10.2. The van der Waals surface area contributed by atoms with E-state index in [2.05, 4.69) is 36.8 Å². The van der Waals surface area contributed by atoms with E-state index < -0.39 is 0 Å². The Morgan fingerprint density at radius 1 is 1.32 bits per heavy atom. The first-order chi connectivity index (χ1) is 9.08. The lowest BCUT2D eigenvalue weighted by Gasteiger charge is -2.10. The molecule has 0 aliphatic heterocycles. The fourth-order valence-electron chi connectivity index (χ4n) is 1.55. The monoisotopic (exact) mass is 383 g/mol. The number of hydrogen-bond donors (Lipinski definition) is 2. The van der Waals surface area contributed by atoms with Crippen molar-refractivity contribution in [2.75, 3.05) is 0 Å². The van der Waals surface area contributed by atoms with Gasteiger partial charge in [0, 0.05) is 16.2 Å². The van der Waals surface area contributed by atoms with E-state index in [4.69, 9.17) is 15.9 Å². The molecule has 2 rings (SSSR count). The molecule has 2 aromatic rings. The number of aromatic nitrogens is 1. The van der Waals surface area contributed by atoms with Crippen LogP contribution in [-0.2, 0) is 6.61 Å². The van der Waals surface area contributed by atoms with Crippen LogP contribution in [0.15, 0.2) is 45.5 Å². The van der Waals surface area contributed by atoms with E-state index >= 15 is 0 Å². The summed E-state index contributed by atoms with van der Waals surface area (Å²) in [5.74, 6) is 0.663. The molecule has 0 radical (unpaired) electrons. The third kappa shape index (κ3) is 3.54. The summed E-state index contributed by atoms with van der Waals surface area (Å²) in [6.07, 6.45) is 1.61. The molecule has 0 saturated heterocycles. The van der Waals surface area contributed by atoms with Crippen molar-refractivity contribution in [2.24, 2.45) is 5.73 Å². The van der Waals surface area contributed by atoms with Crippen molar-refractivity contribution in [3.8, 4) is 5.75 Å². The Morgan fingerprint density at radius 2 is 2.11 bits per heavy atom. The van der Waals surface area contributed by atoms with Crippen LogP contribution in [-0.4, -0.2) is 10.8 Å². The van der Waals surface area contributed by atoms with E-state index in [1.807, 2.05) is 24.3 Å². The van der Waals surface area contributed by atoms with Gasteiger partial charge in [0.05, 0.1) is 4.47 Å². The Morgan fingerprint density at radius 3 is 2.79 bits per heavy atom. The average Bonchev–Trinajstić information content (AvgIpc) is 2.38. The van der Waals surface area contributed by atoms with Crippen LogP contribution < -0.4 is 10.5 Å². The van der Waals surface area contributed by atoms with E-state index in [9.17, 15) is 0 Å². The van der Waals surface area contributed by atoms with Crippen molar-refractivity contribution >= 4 is 37.7 Å². The SMILES string of the molecule is N=C(N)c1ncccc1COc1ccc(Br)cc1Br. The lowest BCUT2D eigenvalue weighted by Crippen LogP contribution is -2.16. The lowest BCUT2D eigenvalue weighted by molar-refractivity contribution is 0.303. The summed E-state index contributed by atoms with van der Waals surface area (Å²) in [4.78, 5) is 4.08. The van der Waals surface area contributed by atoms with Gasteiger partial charge in [0.2, 0.25) is 0 Å². The number of hydrogen-bond acceptors (Lipinski definition) is 3. The van der Waals surface area contributed by atoms with Gasteiger partial charge in [-0.3, -0.25) is 10.4 Å². The van der Waals surface area contributed by atoms with Gasteiger partial charge in [0.25, 0.3) is 0 Å². The first-order valence-corrected chi connectivity index (χ1v) is 7.02.